The largest absolute Gasteiger partial charge is 0.326 e. The highest BCUT2D eigenvalue weighted by molar-refractivity contribution is 5.36. The third-order valence-electron chi connectivity index (χ3n) is 5.13. The van der Waals surface area contributed by atoms with Crippen molar-refractivity contribution >= 4 is 0 Å². The quantitative estimate of drug-likeness (QED) is 0.563. The van der Waals surface area contributed by atoms with Gasteiger partial charge in [0.1, 0.15) is 0 Å². The van der Waals surface area contributed by atoms with Gasteiger partial charge < -0.3 is 5.73 Å². The van der Waals surface area contributed by atoms with Crippen molar-refractivity contribution in [1.29, 1.82) is 0 Å². The van der Waals surface area contributed by atoms with Crippen molar-refractivity contribution in [2.24, 2.45) is 17.6 Å². The third-order valence-corrected chi connectivity index (χ3v) is 5.13. The minimum Gasteiger partial charge on any atom is -0.326 e. The summed E-state index contributed by atoms with van der Waals surface area (Å²) in [7, 11) is 0. The summed E-state index contributed by atoms with van der Waals surface area (Å²) in [4.78, 5) is 0. The average Bonchev–Trinajstić information content (AvgIpc) is 3.54. The smallest absolute Gasteiger partial charge is 0.0180 e. The Morgan fingerprint density at radius 2 is 1.73 bits per heavy atom. The maximum atomic E-state index is 5.71. The summed E-state index contributed by atoms with van der Waals surface area (Å²) in [5.41, 5.74) is 10.0. The molecule has 1 saturated carbocycles. The lowest BCUT2D eigenvalue weighted by Gasteiger charge is -2.19. The van der Waals surface area contributed by atoms with Crippen molar-refractivity contribution < 1.29 is 0 Å². The van der Waals surface area contributed by atoms with Crippen LogP contribution in [0, 0.1) is 11.8 Å². The molecule has 0 bridgehead atoms. The average molecular weight is 356 g/mol. The molecule has 26 heavy (non-hydrogen) atoms. The second kappa shape index (κ2) is 13.8. The Morgan fingerprint density at radius 1 is 1.04 bits per heavy atom. The minimum absolute atomic E-state index is 0.647. The van der Waals surface area contributed by atoms with Gasteiger partial charge in [-0.3, -0.25) is 0 Å². The minimum atomic E-state index is 0.647. The standard InChI is InChI=1S/C12H19N.C9H12.C4H10/c1-3-6-11(9-13)12-8-5-4-7-10(12)2;1-2-4-8(5-3-1)9-6-7-9;1-3-4-2/h3,5-6,8,10H,4,7,9,13H2,1-2H3;2,4-5,9H,1,3,6-7H2;3-4H2,1-2H3/b6-3-,12-11+;;. The van der Waals surface area contributed by atoms with E-state index in [4.69, 9.17) is 5.73 Å². The van der Waals surface area contributed by atoms with Crippen LogP contribution in [0.5, 0.6) is 0 Å². The van der Waals surface area contributed by atoms with Gasteiger partial charge in [0.25, 0.3) is 0 Å². The second-order valence-electron chi connectivity index (χ2n) is 7.52. The summed E-state index contributed by atoms with van der Waals surface area (Å²) in [5, 5.41) is 0. The van der Waals surface area contributed by atoms with E-state index in [2.05, 4.69) is 63.3 Å². The van der Waals surface area contributed by atoms with E-state index >= 15 is 0 Å². The summed E-state index contributed by atoms with van der Waals surface area (Å²) in [6, 6.07) is 0. The predicted octanol–water partition coefficient (Wildman–Crippen LogP) is 7.28. The number of nitrogens with two attached hydrogens (primary N) is 1. The van der Waals surface area contributed by atoms with Crippen LogP contribution in [0.2, 0.25) is 0 Å². The number of allylic oxidation sites excluding steroid dienone is 8. The third kappa shape index (κ3) is 8.85. The molecule has 0 aromatic rings. The molecule has 0 radical (unpaired) electrons. The Morgan fingerprint density at radius 3 is 2.19 bits per heavy atom. The topological polar surface area (TPSA) is 26.0 Å². The fourth-order valence-electron chi connectivity index (χ4n) is 3.14. The Labute approximate surface area is 162 Å². The maximum absolute atomic E-state index is 5.71. The second-order valence-corrected chi connectivity index (χ2v) is 7.52. The molecule has 2 N–H and O–H groups in total. The lowest BCUT2D eigenvalue weighted by atomic mass is 9.87. The van der Waals surface area contributed by atoms with Crippen LogP contribution in [0.3, 0.4) is 0 Å². The van der Waals surface area contributed by atoms with Gasteiger partial charge in [-0.15, -0.1) is 0 Å². The lowest BCUT2D eigenvalue weighted by Crippen LogP contribution is -2.10. The molecule has 0 heterocycles. The first-order valence-corrected chi connectivity index (χ1v) is 10.8. The zero-order valence-electron chi connectivity index (χ0n) is 17.6. The molecule has 0 saturated heterocycles. The number of rotatable bonds is 4. The number of hydrogen-bond donors (Lipinski definition) is 1. The molecule has 0 spiro atoms. The molecule has 1 fully saturated rings. The zero-order valence-corrected chi connectivity index (χ0v) is 17.6. The molecule has 3 aliphatic carbocycles. The van der Waals surface area contributed by atoms with Crippen molar-refractivity contribution in [3.8, 4) is 0 Å². The van der Waals surface area contributed by atoms with Gasteiger partial charge in [-0.25, -0.2) is 0 Å². The molecular weight excluding hydrogens is 314 g/mol. The van der Waals surface area contributed by atoms with Gasteiger partial charge in [0.15, 0.2) is 0 Å². The van der Waals surface area contributed by atoms with Crippen LogP contribution < -0.4 is 5.73 Å². The first-order chi connectivity index (χ1) is 12.7. The fourth-order valence-corrected chi connectivity index (χ4v) is 3.14. The van der Waals surface area contributed by atoms with Crippen molar-refractivity contribution in [3.63, 3.8) is 0 Å². The van der Waals surface area contributed by atoms with Gasteiger partial charge in [-0.2, -0.15) is 0 Å². The molecule has 1 heteroatoms. The van der Waals surface area contributed by atoms with Crippen LogP contribution in [0.4, 0.5) is 0 Å². The molecule has 0 aliphatic heterocycles. The molecular formula is C25H41N. The van der Waals surface area contributed by atoms with Crippen LogP contribution in [0.25, 0.3) is 0 Å². The molecule has 0 amide bonds. The summed E-state index contributed by atoms with van der Waals surface area (Å²) in [5.74, 6) is 1.63. The van der Waals surface area contributed by atoms with Gasteiger partial charge in [-0.1, -0.05) is 76.1 Å². The summed E-state index contributed by atoms with van der Waals surface area (Å²) in [6.07, 6.45) is 26.2. The van der Waals surface area contributed by atoms with Gasteiger partial charge in [0.2, 0.25) is 0 Å². The van der Waals surface area contributed by atoms with Crippen LogP contribution in [0.15, 0.2) is 59.3 Å². The predicted molar refractivity (Wildman–Crippen MR) is 118 cm³/mol. The van der Waals surface area contributed by atoms with Crippen LogP contribution >= 0.6 is 0 Å². The highest BCUT2D eigenvalue weighted by Gasteiger charge is 2.24. The van der Waals surface area contributed by atoms with Gasteiger partial charge in [0.05, 0.1) is 0 Å². The summed E-state index contributed by atoms with van der Waals surface area (Å²) >= 11 is 0. The van der Waals surface area contributed by atoms with Gasteiger partial charge in [0, 0.05) is 6.54 Å². The van der Waals surface area contributed by atoms with E-state index in [1.165, 1.54) is 62.5 Å². The molecule has 1 unspecified atom stereocenters. The van der Waals surface area contributed by atoms with Crippen molar-refractivity contribution in [2.45, 2.75) is 79.1 Å². The van der Waals surface area contributed by atoms with E-state index in [0.29, 0.717) is 12.5 Å². The monoisotopic (exact) mass is 355 g/mol. The van der Waals surface area contributed by atoms with Crippen molar-refractivity contribution in [1.82, 2.24) is 0 Å². The van der Waals surface area contributed by atoms with E-state index in [1.807, 2.05) is 6.92 Å². The molecule has 3 rings (SSSR count). The Kier molecular flexibility index (Phi) is 12.1. The first kappa shape index (κ1) is 22.7. The Hall–Kier alpha value is -1.34. The molecule has 146 valence electrons. The molecule has 3 aliphatic rings. The van der Waals surface area contributed by atoms with Crippen LogP contribution in [0.1, 0.15) is 79.1 Å². The fraction of sp³-hybridized carbons (Fsp3) is 0.600. The maximum Gasteiger partial charge on any atom is 0.0180 e. The van der Waals surface area contributed by atoms with Crippen molar-refractivity contribution in [2.75, 3.05) is 6.54 Å². The molecule has 0 aromatic carbocycles. The van der Waals surface area contributed by atoms with Gasteiger partial charge in [-0.05, 0) is 74.0 Å². The normalized spacial score (nSPS) is 23.6. The lowest BCUT2D eigenvalue weighted by molar-refractivity contribution is 0.612. The van der Waals surface area contributed by atoms with Crippen LogP contribution in [-0.4, -0.2) is 6.54 Å². The van der Waals surface area contributed by atoms with Crippen LogP contribution in [-0.2, 0) is 0 Å². The molecule has 0 aromatic heterocycles. The van der Waals surface area contributed by atoms with Gasteiger partial charge >= 0.3 is 0 Å². The summed E-state index contributed by atoms with van der Waals surface area (Å²) in [6.45, 7) is 9.32. The van der Waals surface area contributed by atoms with E-state index < -0.39 is 0 Å². The Balaban J connectivity index is 0.000000224. The van der Waals surface area contributed by atoms with E-state index in [-0.39, 0.29) is 0 Å². The Bertz CT molecular complexity index is 524. The van der Waals surface area contributed by atoms with E-state index in [9.17, 15) is 0 Å². The highest BCUT2D eigenvalue weighted by Crippen LogP contribution is 2.38. The molecule has 1 atom stereocenters. The molecule has 1 nitrogen and oxygen atoms in total. The van der Waals surface area contributed by atoms with Crippen molar-refractivity contribution in [3.05, 3.63) is 59.3 Å². The number of unbranched alkanes of at least 4 members (excludes halogenated alkanes) is 1. The number of hydrogen-bond acceptors (Lipinski definition) is 1. The SMILES string of the molecule is C/C=C\C(CN)=C1\C=CCCC1C.C1=CC(C2CC2)=CCC1.CCCC. The highest BCUT2D eigenvalue weighted by atomic mass is 14.5. The van der Waals surface area contributed by atoms with E-state index in [0.717, 1.165) is 5.92 Å². The zero-order chi connectivity index (χ0) is 19.2. The summed E-state index contributed by atoms with van der Waals surface area (Å²) < 4.78 is 0. The first-order valence-electron chi connectivity index (χ1n) is 10.8. The van der Waals surface area contributed by atoms with E-state index in [1.54, 1.807) is 5.57 Å².